The molecule has 0 fully saturated rings. The number of nitrogens with one attached hydrogen (secondary N) is 1. The summed E-state index contributed by atoms with van der Waals surface area (Å²) in [4.78, 5) is 11.3. The summed E-state index contributed by atoms with van der Waals surface area (Å²) in [7, 11) is -2.14. The van der Waals surface area contributed by atoms with Gasteiger partial charge in [-0.15, -0.1) is 0 Å². The zero-order chi connectivity index (χ0) is 11.6. The summed E-state index contributed by atoms with van der Waals surface area (Å²) in [5.74, 6) is -0.150. The van der Waals surface area contributed by atoms with Gasteiger partial charge in [-0.2, -0.15) is 0 Å². The normalized spacial score (nSPS) is 11.4. The van der Waals surface area contributed by atoms with Gasteiger partial charge in [0.25, 0.3) is 0 Å². The molecular formula is C10H13NO3S. The summed E-state index contributed by atoms with van der Waals surface area (Å²) in [6, 6.07) is 4.64. The molecule has 1 aromatic carbocycles. The lowest BCUT2D eigenvalue weighted by atomic mass is 10.1. The van der Waals surface area contributed by atoms with Gasteiger partial charge < -0.3 is 0 Å². The Bertz CT molecular complexity index is 491. The second-order valence-electron chi connectivity index (χ2n) is 3.24. The molecule has 0 aromatic heterocycles. The molecule has 0 unspecified atom stereocenters. The SMILES string of the molecule is CNS(=O)(=O)c1cc(C(C)=O)ccc1C. The zero-order valence-electron chi connectivity index (χ0n) is 8.87. The van der Waals surface area contributed by atoms with Gasteiger partial charge in [-0.3, -0.25) is 4.79 Å². The van der Waals surface area contributed by atoms with Crippen molar-refractivity contribution in [3.8, 4) is 0 Å². The lowest BCUT2D eigenvalue weighted by molar-refractivity contribution is 0.101. The third-order valence-corrected chi connectivity index (χ3v) is 3.71. The van der Waals surface area contributed by atoms with Gasteiger partial charge in [0.2, 0.25) is 10.0 Å². The molecule has 0 aliphatic heterocycles. The zero-order valence-corrected chi connectivity index (χ0v) is 9.68. The Morgan fingerprint density at radius 2 is 1.93 bits per heavy atom. The minimum atomic E-state index is -3.49. The van der Waals surface area contributed by atoms with Gasteiger partial charge >= 0.3 is 0 Å². The molecule has 0 radical (unpaired) electrons. The molecule has 5 heteroatoms. The van der Waals surface area contributed by atoms with Crippen LogP contribution in [0.1, 0.15) is 22.8 Å². The van der Waals surface area contributed by atoms with Crippen molar-refractivity contribution in [3.05, 3.63) is 29.3 Å². The number of Topliss-reactive ketones (excluding diaryl/α,β-unsaturated/α-hetero) is 1. The first-order chi connectivity index (χ1) is 6.88. The van der Waals surface area contributed by atoms with Crippen molar-refractivity contribution in [2.24, 2.45) is 0 Å². The van der Waals surface area contributed by atoms with Gasteiger partial charge in [0.05, 0.1) is 4.90 Å². The molecule has 4 nitrogen and oxygen atoms in total. The topological polar surface area (TPSA) is 63.2 Å². The fraction of sp³-hybridized carbons (Fsp3) is 0.300. The summed E-state index contributed by atoms with van der Waals surface area (Å²) >= 11 is 0. The molecule has 15 heavy (non-hydrogen) atoms. The maximum absolute atomic E-state index is 11.6. The third kappa shape index (κ3) is 2.43. The highest BCUT2D eigenvalue weighted by molar-refractivity contribution is 7.89. The van der Waals surface area contributed by atoms with E-state index in [1.807, 2.05) is 0 Å². The fourth-order valence-electron chi connectivity index (χ4n) is 1.22. The van der Waals surface area contributed by atoms with Crippen molar-refractivity contribution >= 4 is 15.8 Å². The van der Waals surface area contributed by atoms with Gasteiger partial charge in [-0.25, -0.2) is 13.1 Å². The van der Waals surface area contributed by atoms with Gasteiger partial charge in [0, 0.05) is 5.56 Å². The van der Waals surface area contributed by atoms with Crippen LogP contribution in [0.4, 0.5) is 0 Å². The van der Waals surface area contributed by atoms with E-state index < -0.39 is 10.0 Å². The Labute approximate surface area is 89.4 Å². The number of sulfonamides is 1. The molecule has 0 bridgehead atoms. The molecule has 0 saturated heterocycles. The van der Waals surface area contributed by atoms with Crippen LogP contribution in [0.5, 0.6) is 0 Å². The Hall–Kier alpha value is -1.20. The highest BCUT2D eigenvalue weighted by Crippen LogP contribution is 2.16. The van der Waals surface area contributed by atoms with Crippen LogP contribution >= 0.6 is 0 Å². The molecule has 1 rings (SSSR count). The second kappa shape index (κ2) is 4.12. The fourth-order valence-corrected chi connectivity index (χ4v) is 2.21. The number of aryl methyl sites for hydroxylation is 1. The molecule has 0 spiro atoms. The van der Waals surface area contributed by atoms with Gasteiger partial charge in [0.15, 0.2) is 5.78 Å². The lowest BCUT2D eigenvalue weighted by Gasteiger charge is -2.07. The van der Waals surface area contributed by atoms with Crippen LogP contribution < -0.4 is 4.72 Å². The van der Waals surface area contributed by atoms with Crippen molar-refractivity contribution in [2.75, 3.05) is 7.05 Å². The molecule has 1 N–H and O–H groups in total. The summed E-state index contributed by atoms with van der Waals surface area (Å²) in [5.41, 5.74) is 1.02. The van der Waals surface area contributed by atoms with E-state index >= 15 is 0 Å². The molecule has 0 saturated carbocycles. The number of carbonyl (C=O) groups is 1. The quantitative estimate of drug-likeness (QED) is 0.787. The Morgan fingerprint density at radius 3 is 2.40 bits per heavy atom. The second-order valence-corrected chi connectivity index (χ2v) is 5.10. The highest BCUT2D eigenvalue weighted by Gasteiger charge is 2.15. The minimum Gasteiger partial charge on any atom is -0.295 e. The predicted molar refractivity (Wildman–Crippen MR) is 57.4 cm³/mol. The van der Waals surface area contributed by atoms with E-state index in [4.69, 9.17) is 0 Å². The van der Waals surface area contributed by atoms with E-state index in [9.17, 15) is 13.2 Å². The van der Waals surface area contributed by atoms with E-state index in [0.29, 0.717) is 11.1 Å². The van der Waals surface area contributed by atoms with Crippen molar-refractivity contribution in [1.29, 1.82) is 0 Å². The summed E-state index contributed by atoms with van der Waals surface area (Å²) in [6.07, 6.45) is 0. The first-order valence-corrected chi connectivity index (χ1v) is 5.92. The van der Waals surface area contributed by atoms with Crippen molar-refractivity contribution in [2.45, 2.75) is 18.7 Å². The van der Waals surface area contributed by atoms with E-state index in [1.165, 1.54) is 20.0 Å². The number of ketones is 1. The van der Waals surface area contributed by atoms with Gasteiger partial charge in [-0.1, -0.05) is 12.1 Å². The van der Waals surface area contributed by atoms with Crippen LogP contribution in [-0.4, -0.2) is 21.2 Å². The average molecular weight is 227 g/mol. The molecule has 0 amide bonds. The Kier molecular flexibility index (Phi) is 3.26. The van der Waals surface area contributed by atoms with Crippen LogP contribution in [-0.2, 0) is 10.0 Å². The largest absolute Gasteiger partial charge is 0.295 e. The third-order valence-electron chi connectivity index (χ3n) is 2.15. The number of hydrogen-bond donors (Lipinski definition) is 1. The maximum atomic E-state index is 11.6. The van der Waals surface area contributed by atoms with Gasteiger partial charge in [-0.05, 0) is 32.5 Å². The minimum absolute atomic E-state index is 0.150. The number of hydrogen-bond acceptors (Lipinski definition) is 3. The molecule has 82 valence electrons. The molecule has 0 aliphatic carbocycles. The number of benzene rings is 1. The molecule has 1 aromatic rings. The number of carbonyl (C=O) groups excluding carboxylic acids is 1. The summed E-state index contributed by atoms with van der Waals surface area (Å²) < 4.78 is 25.4. The average Bonchev–Trinajstić information content (AvgIpc) is 2.17. The Morgan fingerprint density at radius 1 is 1.33 bits per heavy atom. The van der Waals surface area contributed by atoms with E-state index in [0.717, 1.165) is 0 Å². The first kappa shape index (κ1) is 11.9. The van der Waals surface area contributed by atoms with Crippen molar-refractivity contribution in [1.82, 2.24) is 4.72 Å². The Balaban J connectivity index is 3.42. The van der Waals surface area contributed by atoms with Crippen LogP contribution in [0.3, 0.4) is 0 Å². The molecule has 0 heterocycles. The first-order valence-electron chi connectivity index (χ1n) is 4.43. The summed E-state index contributed by atoms with van der Waals surface area (Å²) in [6.45, 7) is 3.09. The maximum Gasteiger partial charge on any atom is 0.240 e. The molecule has 0 aliphatic rings. The van der Waals surface area contributed by atoms with E-state index in [1.54, 1.807) is 19.1 Å². The molecular weight excluding hydrogens is 214 g/mol. The van der Waals surface area contributed by atoms with Crippen molar-refractivity contribution in [3.63, 3.8) is 0 Å². The van der Waals surface area contributed by atoms with Gasteiger partial charge in [0.1, 0.15) is 0 Å². The van der Waals surface area contributed by atoms with Crippen LogP contribution in [0.25, 0.3) is 0 Å². The standard InChI is InChI=1S/C10H13NO3S/c1-7-4-5-9(8(2)12)6-10(7)15(13,14)11-3/h4-6,11H,1-3H3. The predicted octanol–water partition coefficient (Wildman–Crippen LogP) is 1.11. The van der Waals surface area contributed by atoms with E-state index in [-0.39, 0.29) is 10.7 Å². The molecule has 0 atom stereocenters. The van der Waals surface area contributed by atoms with Crippen LogP contribution in [0.2, 0.25) is 0 Å². The van der Waals surface area contributed by atoms with Crippen LogP contribution in [0.15, 0.2) is 23.1 Å². The summed E-state index contributed by atoms with van der Waals surface area (Å²) in [5, 5.41) is 0. The van der Waals surface area contributed by atoms with Crippen molar-refractivity contribution < 1.29 is 13.2 Å². The number of rotatable bonds is 3. The van der Waals surface area contributed by atoms with E-state index in [2.05, 4.69) is 4.72 Å². The lowest BCUT2D eigenvalue weighted by Crippen LogP contribution is -2.20. The monoisotopic (exact) mass is 227 g/mol. The van der Waals surface area contributed by atoms with Crippen LogP contribution in [0, 0.1) is 6.92 Å². The smallest absolute Gasteiger partial charge is 0.240 e. The highest BCUT2D eigenvalue weighted by atomic mass is 32.2.